The standard InChI is InChI=1S/C18H17BrN2/c1-13(16-9-2-3-10-17(16)19)21-12-15-7-4-6-14-8-5-11-20-18(14)15/h2-11,13,21H,12H2,1H3/t13-/m1/s1. The molecule has 0 aliphatic rings. The highest BCUT2D eigenvalue weighted by Crippen LogP contribution is 2.23. The maximum Gasteiger partial charge on any atom is 0.0746 e. The van der Waals surface area contributed by atoms with E-state index in [2.05, 4.69) is 75.6 Å². The highest BCUT2D eigenvalue weighted by molar-refractivity contribution is 9.10. The summed E-state index contributed by atoms with van der Waals surface area (Å²) in [6.07, 6.45) is 1.85. The lowest BCUT2D eigenvalue weighted by molar-refractivity contribution is 0.574. The second kappa shape index (κ2) is 6.37. The Kier molecular flexibility index (Phi) is 4.32. The minimum absolute atomic E-state index is 0.277. The summed E-state index contributed by atoms with van der Waals surface area (Å²) in [5.41, 5.74) is 3.57. The van der Waals surface area contributed by atoms with Crippen molar-refractivity contribution in [2.24, 2.45) is 0 Å². The van der Waals surface area contributed by atoms with Gasteiger partial charge in [0.25, 0.3) is 0 Å². The number of nitrogens with one attached hydrogen (secondary N) is 1. The Balaban J connectivity index is 1.79. The van der Waals surface area contributed by atoms with Crippen molar-refractivity contribution in [2.45, 2.75) is 19.5 Å². The molecule has 3 heteroatoms. The highest BCUT2D eigenvalue weighted by atomic mass is 79.9. The summed E-state index contributed by atoms with van der Waals surface area (Å²) in [5.74, 6) is 0. The number of benzene rings is 2. The van der Waals surface area contributed by atoms with E-state index < -0.39 is 0 Å². The fraction of sp³-hybridized carbons (Fsp3) is 0.167. The third kappa shape index (κ3) is 3.14. The molecule has 0 fully saturated rings. The number of halogens is 1. The Labute approximate surface area is 133 Å². The van der Waals surface area contributed by atoms with Crippen molar-refractivity contribution in [1.29, 1.82) is 0 Å². The molecule has 2 aromatic carbocycles. The maximum absolute atomic E-state index is 4.50. The first-order valence-corrected chi connectivity index (χ1v) is 7.85. The minimum atomic E-state index is 0.277. The van der Waals surface area contributed by atoms with Gasteiger partial charge in [0.05, 0.1) is 5.52 Å². The topological polar surface area (TPSA) is 24.9 Å². The van der Waals surface area contributed by atoms with Crippen LogP contribution in [0.2, 0.25) is 0 Å². The number of fused-ring (bicyclic) bond motifs is 1. The molecule has 0 aliphatic carbocycles. The van der Waals surface area contributed by atoms with E-state index in [-0.39, 0.29) is 6.04 Å². The fourth-order valence-corrected chi connectivity index (χ4v) is 3.14. The molecule has 0 saturated heterocycles. The molecule has 0 saturated carbocycles. The molecule has 1 N–H and O–H groups in total. The van der Waals surface area contributed by atoms with Crippen LogP contribution in [0.15, 0.2) is 65.3 Å². The smallest absolute Gasteiger partial charge is 0.0746 e. The molecule has 0 bridgehead atoms. The van der Waals surface area contributed by atoms with E-state index in [9.17, 15) is 0 Å². The number of hydrogen-bond acceptors (Lipinski definition) is 2. The van der Waals surface area contributed by atoms with E-state index in [1.165, 1.54) is 16.5 Å². The second-order valence-corrected chi connectivity index (χ2v) is 5.97. The number of para-hydroxylation sites is 1. The van der Waals surface area contributed by atoms with Gasteiger partial charge in [-0.2, -0.15) is 0 Å². The zero-order valence-corrected chi connectivity index (χ0v) is 13.5. The summed E-state index contributed by atoms with van der Waals surface area (Å²) in [6.45, 7) is 2.98. The number of aromatic nitrogens is 1. The van der Waals surface area contributed by atoms with Crippen LogP contribution in [0.25, 0.3) is 10.9 Å². The van der Waals surface area contributed by atoms with Gasteiger partial charge in [0.2, 0.25) is 0 Å². The summed E-state index contributed by atoms with van der Waals surface area (Å²) < 4.78 is 1.14. The molecule has 3 aromatic rings. The van der Waals surface area contributed by atoms with E-state index in [4.69, 9.17) is 0 Å². The quantitative estimate of drug-likeness (QED) is 0.734. The number of hydrogen-bond donors (Lipinski definition) is 1. The van der Waals surface area contributed by atoms with E-state index in [1.807, 2.05) is 18.3 Å². The predicted molar refractivity (Wildman–Crippen MR) is 91.1 cm³/mol. The molecule has 21 heavy (non-hydrogen) atoms. The lowest BCUT2D eigenvalue weighted by atomic mass is 10.1. The van der Waals surface area contributed by atoms with Gasteiger partial charge < -0.3 is 5.32 Å². The summed E-state index contributed by atoms with van der Waals surface area (Å²) in [7, 11) is 0. The van der Waals surface area contributed by atoms with Crippen molar-refractivity contribution in [3.8, 4) is 0 Å². The maximum atomic E-state index is 4.50. The zero-order valence-electron chi connectivity index (χ0n) is 11.9. The third-order valence-corrected chi connectivity index (χ3v) is 4.41. The zero-order chi connectivity index (χ0) is 14.7. The number of pyridine rings is 1. The van der Waals surface area contributed by atoms with Crippen LogP contribution < -0.4 is 5.32 Å². The van der Waals surface area contributed by atoms with E-state index in [0.29, 0.717) is 0 Å². The van der Waals surface area contributed by atoms with Crippen LogP contribution in [0, 0.1) is 0 Å². The van der Waals surface area contributed by atoms with Gasteiger partial charge in [0, 0.05) is 28.6 Å². The Hall–Kier alpha value is -1.71. The van der Waals surface area contributed by atoms with Gasteiger partial charge in [0.15, 0.2) is 0 Å². The summed E-state index contributed by atoms with van der Waals surface area (Å²) in [5, 5.41) is 4.76. The van der Waals surface area contributed by atoms with E-state index >= 15 is 0 Å². The molecule has 3 rings (SSSR count). The van der Waals surface area contributed by atoms with Crippen molar-refractivity contribution < 1.29 is 0 Å². The van der Waals surface area contributed by atoms with Gasteiger partial charge in [-0.15, -0.1) is 0 Å². The van der Waals surface area contributed by atoms with Crippen LogP contribution in [0.4, 0.5) is 0 Å². The van der Waals surface area contributed by atoms with Crippen LogP contribution in [0.5, 0.6) is 0 Å². The molecule has 1 atom stereocenters. The van der Waals surface area contributed by atoms with Crippen molar-refractivity contribution in [2.75, 3.05) is 0 Å². The van der Waals surface area contributed by atoms with Gasteiger partial charge in [0.1, 0.15) is 0 Å². The first kappa shape index (κ1) is 14.2. The number of nitrogens with zero attached hydrogens (tertiary/aromatic N) is 1. The van der Waals surface area contributed by atoms with Gasteiger partial charge >= 0.3 is 0 Å². The van der Waals surface area contributed by atoms with E-state index in [0.717, 1.165) is 16.5 Å². The predicted octanol–water partition coefficient (Wildman–Crippen LogP) is 4.85. The molecule has 0 amide bonds. The second-order valence-electron chi connectivity index (χ2n) is 5.12. The Bertz CT molecular complexity index is 750. The van der Waals surface area contributed by atoms with Crippen LogP contribution in [0.1, 0.15) is 24.1 Å². The fourth-order valence-electron chi connectivity index (χ4n) is 2.51. The Morgan fingerprint density at radius 3 is 2.71 bits per heavy atom. The minimum Gasteiger partial charge on any atom is -0.306 e. The molecular formula is C18H17BrN2. The molecule has 0 radical (unpaired) electrons. The molecule has 0 aliphatic heterocycles. The molecule has 0 spiro atoms. The molecule has 0 unspecified atom stereocenters. The average Bonchev–Trinajstić information content (AvgIpc) is 2.53. The van der Waals surface area contributed by atoms with Crippen LogP contribution in [0.3, 0.4) is 0 Å². The summed E-state index contributed by atoms with van der Waals surface area (Å²) in [6, 6.07) is 19.0. The first-order chi connectivity index (χ1) is 10.3. The van der Waals surface area contributed by atoms with Crippen molar-refractivity contribution in [3.63, 3.8) is 0 Å². The molecule has 106 valence electrons. The summed E-state index contributed by atoms with van der Waals surface area (Å²) >= 11 is 3.61. The normalized spacial score (nSPS) is 12.5. The first-order valence-electron chi connectivity index (χ1n) is 7.06. The van der Waals surface area contributed by atoms with Gasteiger partial charge in [-0.3, -0.25) is 4.98 Å². The van der Waals surface area contributed by atoms with Crippen LogP contribution in [-0.4, -0.2) is 4.98 Å². The third-order valence-electron chi connectivity index (χ3n) is 3.69. The largest absolute Gasteiger partial charge is 0.306 e. The molecule has 2 nitrogen and oxygen atoms in total. The Morgan fingerprint density at radius 2 is 1.86 bits per heavy atom. The lowest BCUT2D eigenvalue weighted by Crippen LogP contribution is -2.18. The Morgan fingerprint density at radius 1 is 1.05 bits per heavy atom. The van der Waals surface area contributed by atoms with Crippen LogP contribution >= 0.6 is 15.9 Å². The van der Waals surface area contributed by atoms with E-state index in [1.54, 1.807) is 0 Å². The molecule has 1 aromatic heterocycles. The molecular weight excluding hydrogens is 324 g/mol. The lowest BCUT2D eigenvalue weighted by Gasteiger charge is -2.16. The van der Waals surface area contributed by atoms with Gasteiger partial charge in [-0.1, -0.05) is 58.4 Å². The van der Waals surface area contributed by atoms with Gasteiger partial charge in [-0.05, 0) is 30.2 Å². The van der Waals surface area contributed by atoms with Gasteiger partial charge in [-0.25, -0.2) is 0 Å². The van der Waals surface area contributed by atoms with Crippen LogP contribution in [-0.2, 0) is 6.54 Å². The number of rotatable bonds is 4. The SMILES string of the molecule is C[C@@H](NCc1cccc2cccnc12)c1ccccc1Br. The average molecular weight is 341 g/mol. The summed E-state index contributed by atoms with van der Waals surface area (Å²) in [4.78, 5) is 4.50. The van der Waals surface area contributed by atoms with Crippen molar-refractivity contribution >= 4 is 26.8 Å². The van der Waals surface area contributed by atoms with Crippen molar-refractivity contribution in [3.05, 3.63) is 76.4 Å². The van der Waals surface area contributed by atoms with Crippen molar-refractivity contribution in [1.82, 2.24) is 10.3 Å². The highest BCUT2D eigenvalue weighted by Gasteiger charge is 2.09. The monoisotopic (exact) mass is 340 g/mol. The molecule has 1 heterocycles.